The second-order valence-corrected chi connectivity index (χ2v) is 8.17. The zero-order valence-corrected chi connectivity index (χ0v) is 19.0. The number of nitrogens with one attached hydrogen (secondary N) is 2. The minimum atomic E-state index is -1.03. The Morgan fingerprint density at radius 2 is 1.67 bits per heavy atom. The molecule has 0 fully saturated rings. The number of alkyl carbamates (subject to hydrolysis) is 1. The van der Waals surface area contributed by atoms with Crippen LogP contribution in [0.3, 0.4) is 0 Å². The monoisotopic (exact) mass is 453 g/mol. The lowest BCUT2D eigenvalue weighted by Crippen LogP contribution is -2.48. The highest BCUT2D eigenvalue weighted by Gasteiger charge is 2.30. The Labute approximate surface area is 193 Å². The number of carbonyl (C=O) groups is 3. The van der Waals surface area contributed by atoms with E-state index in [4.69, 9.17) is 9.84 Å². The molecule has 0 aliphatic heterocycles. The molecule has 33 heavy (non-hydrogen) atoms. The van der Waals surface area contributed by atoms with Crippen LogP contribution in [0.1, 0.15) is 36.3 Å². The maximum Gasteiger partial charge on any atom is 0.407 e. The van der Waals surface area contributed by atoms with Crippen LogP contribution in [0, 0.1) is 0 Å². The van der Waals surface area contributed by atoms with Crippen LogP contribution < -0.4 is 10.6 Å². The summed E-state index contributed by atoms with van der Waals surface area (Å²) in [6, 6.07) is 15.1. The van der Waals surface area contributed by atoms with Gasteiger partial charge in [0.1, 0.15) is 12.6 Å². The quantitative estimate of drug-likeness (QED) is 0.452. The van der Waals surface area contributed by atoms with Crippen molar-refractivity contribution in [3.63, 3.8) is 0 Å². The van der Waals surface area contributed by atoms with Crippen molar-refractivity contribution in [3.05, 3.63) is 59.7 Å². The maximum atomic E-state index is 12.8. The molecule has 1 atom stereocenters. The second kappa shape index (κ2) is 11.5. The van der Waals surface area contributed by atoms with Crippen LogP contribution in [-0.2, 0) is 14.3 Å². The zero-order valence-electron chi connectivity index (χ0n) is 19.0. The van der Waals surface area contributed by atoms with Crippen LogP contribution in [0.2, 0.25) is 0 Å². The van der Waals surface area contributed by atoms with Crippen LogP contribution >= 0.6 is 0 Å². The molecule has 0 aromatic heterocycles. The molecule has 0 radical (unpaired) electrons. The lowest BCUT2D eigenvalue weighted by Gasteiger charge is -2.24. The molecule has 8 heteroatoms. The number of hydrogen-bond donors (Lipinski definition) is 3. The molecule has 3 rings (SSSR count). The van der Waals surface area contributed by atoms with Gasteiger partial charge in [-0.2, -0.15) is 0 Å². The molecule has 0 spiro atoms. The van der Waals surface area contributed by atoms with Crippen LogP contribution in [0.4, 0.5) is 4.79 Å². The first-order chi connectivity index (χ1) is 15.9. The van der Waals surface area contributed by atoms with Gasteiger partial charge in [0.2, 0.25) is 5.91 Å². The zero-order chi connectivity index (χ0) is 23.8. The van der Waals surface area contributed by atoms with Crippen LogP contribution in [0.25, 0.3) is 11.1 Å². The number of hydrogen-bond acceptors (Lipinski definition) is 5. The van der Waals surface area contributed by atoms with Gasteiger partial charge in [0.15, 0.2) is 0 Å². The van der Waals surface area contributed by atoms with Crippen molar-refractivity contribution in [3.8, 4) is 11.1 Å². The van der Waals surface area contributed by atoms with E-state index in [0.29, 0.717) is 6.54 Å². The van der Waals surface area contributed by atoms with Gasteiger partial charge in [-0.3, -0.25) is 9.59 Å². The summed E-state index contributed by atoms with van der Waals surface area (Å²) in [5, 5.41) is 14.6. The molecule has 1 aliphatic rings. The Hall–Kier alpha value is -3.39. The minimum Gasteiger partial charge on any atom is -0.481 e. The van der Waals surface area contributed by atoms with Gasteiger partial charge >= 0.3 is 12.1 Å². The number of benzene rings is 2. The lowest BCUT2D eigenvalue weighted by atomic mass is 9.98. The fourth-order valence-corrected chi connectivity index (χ4v) is 4.18. The lowest BCUT2D eigenvalue weighted by molar-refractivity contribution is -0.137. The molecular weight excluding hydrogens is 422 g/mol. The first-order valence-corrected chi connectivity index (χ1v) is 11.1. The van der Waals surface area contributed by atoms with Gasteiger partial charge in [-0.15, -0.1) is 0 Å². The summed E-state index contributed by atoms with van der Waals surface area (Å²) in [5.41, 5.74) is 4.43. The highest BCUT2D eigenvalue weighted by atomic mass is 16.5. The average Bonchev–Trinajstić information content (AvgIpc) is 3.13. The van der Waals surface area contributed by atoms with E-state index < -0.39 is 18.1 Å². The molecule has 8 nitrogen and oxygen atoms in total. The summed E-state index contributed by atoms with van der Waals surface area (Å²) in [4.78, 5) is 38.0. The number of carboxylic acid groups (broad SMARTS) is 1. The van der Waals surface area contributed by atoms with Gasteiger partial charge in [-0.05, 0) is 48.7 Å². The fourth-order valence-electron chi connectivity index (χ4n) is 4.18. The van der Waals surface area contributed by atoms with Gasteiger partial charge < -0.3 is 25.4 Å². The van der Waals surface area contributed by atoms with E-state index in [2.05, 4.69) is 22.8 Å². The van der Waals surface area contributed by atoms with E-state index in [-0.39, 0.29) is 31.3 Å². The first-order valence-electron chi connectivity index (χ1n) is 11.1. The SMILES string of the molecule is CNCCCN(C)C(=O)C(CCC(=O)O)NC(=O)OCC1c2ccccc2-c2ccccc21. The smallest absolute Gasteiger partial charge is 0.407 e. The number of carboxylic acids is 1. The average molecular weight is 454 g/mol. The Kier molecular flexibility index (Phi) is 8.43. The molecule has 0 bridgehead atoms. The predicted molar refractivity (Wildman–Crippen MR) is 125 cm³/mol. The molecule has 0 saturated heterocycles. The van der Waals surface area contributed by atoms with Gasteiger partial charge in [0, 0.05) is 25.9 Å². The number of nitrogens with zero attached hydrogens (tertiary/aromatic N) is 1. The summed E-state index contributed by atoms with van der Waals surface area (Å²) in [6.45, 7) is 1.37. The van der Waals surface area contributed by atoms with Crippen molar-refractivity contribution < 1.29 is 24.2 Å². The number of carbonyl (C=O) groups excluding carboxylic acids is 2. The van der Waals surface area contributed by atoms with E-state index in [1.54, 1.807) is 7.05 Å². The van der Waals surface area contributed by atoms with Crippen molar-refractivity contribution in [1.29, 1.82) is 0 Å². The van der Waals surface area contributed by atoms with Crippen molar-refractivity contribution in [2.24, 2.45) is 0 Å². The third-order valence-electron chi connectivity index (χ3n) is 5.88. The number of rotatable bonds is 11. The van der Waals surface area contributed by atoms with E-state index >= 15 is 0 Å². The molecule has 2 amide bonds. The van der Waals surface area contributed by atoms with Crippen LogP contribution in [-0.4, -0.2) is 67.8 Å². The van der Waals surface area contributed by atoms with E-state index in [9.17, 15) is 14.4 Å². The molecule has 0 saturated carbocycles. The molecule has 2 aromatic carbocycles. The Balaban J connectivity index is 1.64. The highest BCUT2D eigenvalue weighted by molar-refractivity contribution is 5.86. The summed E-state index contributed by atoms with van der Waals surface area (Å²) in [5.74, 6) is -1.46. The van der Waals surface area contributed by atoms with Crippen LogP contribution in [0.15, 0.2) is 48.5 Å². The van der Waals surface area contributed by atoms with Crippen molar-refractivity contribution >= 4 is 18.0 Å². The third-order valence-corrected chi connectivity index (χ3v) is 5.88. The molecule has 3 N–H and O–H groups in total. The molecule has 176 valence electrons. The summed E-state index contributed by atoms with van der Waals surface area (Å²) < 4.78 is 5.53. The standard InChI is InChI=1S/C25H31N3O5/c1-26-14-7-15-28(2)24(31)22(12-13-23(29)30)27-25(32)33-16-21-19-10-5-3-8-17(19)18-9-4-6-11-20(18)21/h3-6,8-11,21-22,26H,7,12-16H2,1-2H3,(H,27,32)(H,29,30). The number of amides is 2. The summed E-state index contributed by atoms with van der Waals surface area (Å²) >= 11 is 0. The number of aliphatic carboxylic acids is 1. The number of ether oxygens (including phenoxy) is 1. The second-order valence-electron chi connectivity index (χ2n) is 8.17. The first kappa shape index (κ1) is 24.3. The van der Waals surface area contributed by atoms with Crippen molar-refractivity contribution in [2.75, 3.05) is 33.8 Å². The van der Waals surface area contributed by atoms with Crippen LogP contribution in [0.5, 0.6) is 0 Å². The minimum absolute atomic E-state index is 0.00523. The molecule has 1 aliphatic carbocycles. The van der Waals surface area contributed by atoms with E-state index in [1.165, 1.54) is 4.90 Å². The molecule has 1 unspecified atom stereocenters. The van der Waals surface area contributed by atoms with Crippen molar-refractivity contribution in [2.45, 2.75) is 31.2 Å². The Morgan fingerprint density at radius 1 is 1.06 bits per heavy atom. The molecular formula is C25H31N3O5. The normalized spacial score (nSPS) is 13.0. The molecule has 2 aromatic rings. The Morgan fingerprint density at radius 3 is 2.24 bits per heavy atom. The van der Waals surface area contributed by atoms with Gasteiger partial charge in [0.25, 0.3) is 0 Å². The predicted octanol–water partition coefficient (Wildman–Crippen LogP) is 2.83. The van der Waals surface area contributed by atoms with E-state index in [1.807, 2.05) is 43.4 Å². The van der Waals surface area contributed by atoms with E-state index in [0.717, 1.165) is 35.2 Å². The third kappa shape index (κ3) is 6.10. The van der Waals surface area contributed by atoms with Crippen molar-refractivity contribution in [1.82, 2.24) is 15.5 Å². The summed E-state index contributed by atoms with van der Waals surface area (Å²) in [6.07, 6.45) is -0.224. The molecule has 0 heterocycles. The number of likely N-dealkylation sites (N-methyl/N-ethyl adjacent to an activating group) is 1. The fraction of sp³-hybridized carbons (Fsp3) is 0.400. The topological polar surface area (TPSA) is 108 Å². The van der Waals surface area contributed by atoms with Gasteiger partial charge in [-0.1, -0.05) is 48.5 Å². The van der Waals surface area contributed by atoms with Gasteiger partial charge in [0.05, 0.1) is 0 Å². The number of fused-ring (bicyclic) bond motifs is 3. The highest BCUT2D eigenvalue weighted by Crippen LogP contribution is 2.44. The maximum absolute atomic E-state index is 12.8. The van der Waals surface area contributed by atoms with Gasteiger partial charge in [-0.25, -0.2) is 4.79 Å². The Bertz CT molecular complexity index is 948. The largest absolute Gasteiger partial charge is 0.481 e. The summed E-state index contributed by atoms with van der Waals surface area (Å²) in [7, 11) is 3.47.